The minimum absolute atomic E-state index is 0.0288. The van der Waals surface area contributed by atoms with Gasteiger partial charge in [0.25, 0.3) is 5.91 Å². The largest absolute Gasteiger partial charge is 0.444 e. The number of primary amides is 1. The summed E-state index contributed by atoms with van der Waals surface area (Å²) in [5.74, 6) is -2.52. The molecule has 2 heterocycles. The summed E-state index contributed by atoms with van der Waals surface area (Å²) < 4.78 is 5.22. The van der Waals surface area contributed by atoms with E-state index in [0.717, 1.165) is 32.1 Å². The van der Waals surface area contributed by atoms with Gasteiger partial charge in [-0.1, -0.05) is 68.2 Å². The monoisotopic (exact) mass is 717 g/mol. The summed E-state index contributed by atoms with van der Waals surface area (Å²) in [5.41, 5.74) is 3.94. The predicted octanol–water partition coefficient (Wildman–Crippen LogP) is 1.96. The van der Waals surface area contributed by atoms with Crippen LogP contribution in [0.15, 0.2) is 0 Å². The van der Waals surface area contributed by atoms with E-state index >= 15 is 0 Å². The van der Waals surface area contributed by atoms with E-state index in [2.05, 4.69) is 35.1 Å². The van der Waals surface area contributed by atoms with Crippen LogP contribution in [0.5, 0.6) is 0 Å². The average Bonchev–Trinajstić information content (AvgIpc) is 3.93. The van der Waals surface area contributed by atoms with E-state index in [9.17, 15) is 33.6 Å². The highest BCUT2D eigenvalue weighted by Crippen LogP contribution is 2.35. The minimum Gasteiger partial charge on any atom is -0.444 e. The van der Waals surface area contributed by atoms with Crippen molar-refractivity contribution in [3.8, 4) is 0 Å². The summed E-state index contributed by atoms with van der Waals surface area (Å²) in [6.07, 6.45) is 2.86. The second-order valence-electron chi connectivity index (χ2n) is 17.9. The van der Waals surface area contributed by atoms with Crippen molar-refractivity contribution < 1.29 is 38.3 Å². The number of amides is 7. The summed E-state index contributed by atoms with van der Waals surface area (Å²) in [6, 6.07) is -4.48. The van der Waals surface area contributed by atoms with E-state index in [1.165, 1.54) is 4.90 Å². The molecule has 2 aliphatic carbocycles. The minimum atomic E-state index is -1.17. The van der Waals surface area contributed by atoms with Crippen molar-refractivity contribution in [3.05, 3.63) is 0 Å². The molecule has 5 atom stereocenters. The van der Waals surface area contributed by atoms with E-state index in [1.807, 2.05) is 20.8 Å². The van der Waals surface area contributed by atoms with Crippen LogP contribution in [0.2, 0.25) is 0 Å². The number of carbonyl (C=O) groups is 7. The number of ketones is 1. The van der Waals surface area contributed by atoms with Crippen molar-refractivity contribution in [2.75, 3.05) is 19.6 Å². The highest BCUT2D eigenvalue weighted by atomic mass is 16.6. The van der Waals surface area contributed by atoms with Gasteiger partial charge in [-0.2, -0.15) is 0 Å². The lowest BCUT2D eigenvalue weighted by atomic mass is 9.81. The smallest absolute Gasteiger partial charge is 0.404 e. The molecule has 15 nitrogen and oxygen atoms in total. The third-order valence-corrected chi connectivity index (χ3v) is 10.3. The molecule has 7 amide bonds. The Morgan fingerprint density at radius 1 is 0.941 bits per heavy atom. The fourth-order valence-electron chi connectivity index (χ4n) is 6.63. The Morgan fingerprint density at radius 2 is 1.59 bits per heavy atom. The normalized spacial score (nSPS) is 23.8. The Labute approximate surface area is 301 Å². The van der Waals surface area contributed by atoms with Crippen LogP contribution in [0.3, 0.4) is 0 Å². The van der Waals surface area contributed by atoms with Gasteiger partial charge >= 0.3 is 12.1 Å². The molecule has 0 aromatic carbocycles. The lowest BCUT2D eigenvalue weighted by Gasteiger charge is -2.41. The second kappa shape index (κ2) is 15.4. The van der Waals surface area contributed by atoms with Gasteiger partial charge in [-0.25, -0.2) is 9.59 Å². The SMILES string of the molecule is CC1(C)CCN(C[C@@H](NC(=O)N[C@H](C(=O)N2C[C@H](OC(N)=O)C[C@H]2C(=O)NC(CC2CC2)C(=O)C(=O)NC2CC2)C(C)(C)C)C(C)(C)C)C(=O)C1. The van der Waals surface area contributed by atoms with E-state index in [0.29, 0.717) is 25.9 Å². The third kappa shape index (κ3) is 11.3. The Morgan fingerprint density at radius 3 is 2.12 bits per heavy atom. The number of urea groups is 1. The van der Waals surface area contributed by atoms with Gasteiger partial charge in [0.2, 0.25) is 23.5 Å². The highest BCUT2D eigenvalue weighted by molar-refractivity contribution is 6.38. The topological polar surface area (TPSA) is 209 Å². The number of carbonyl (C=O) groups excluding carboxylic acids is 7. The van der Waals surface area contributed by atoms with Crippen molar-refractivity contribution in [1.82, 2.24) is 31.1 Å². The predicted molar refractivity (Wildman–Crippen MR) is 188 cm³/mol. The summed E-state index contributed by atoms with van der Waals surface area (Å²) >= 11 is 0. The fourth-order valence-corrected chi connectivity index (χ4v) is 6.63. The Balaban J connectivity index is 1.50. The van der Waals surface area contributed by atoms with Gasteiger partial charge in [-0.15, -0.1) is 0 Å². The number of hydrogen-bond acceptors (Lipinski definition) is 8. The average molecular weight is 718 g/mol. The molecule has 51 heavy (non-hydrogen) atoms. The van der Waals surface area contributed by atoms with Crippen molar-refractivity contribution in [1.29, 1.82) is 0 Å². The number of nitrogens with one attached hydrogen (secondary N) is 4. The van der Waals surface area contributed by atoms with Gasteiger partial charge in [0, 0.05) is 32.0 Å². The van der Waals surface area contributed by atoms with Gasteiger partial charge in [0.15, 0.2) is 0 Å². The standard InChI is InChI=1S/C36H59N7O8/c1-34(2,3)25(19-42-14-13-36(7,8)17-26(42)44)40-33(50)41-28(35(4,5)6)31(48)43-18-22(51-32(37)49)16-24(43)29(46)39-23(15-20-9-10-20)27(45)30(47)38-21-11-12-21/h20-25,28H,9-19H2,1-8H3,(H2,37,49)(H,38,47)(H,39,46)(H2,40,41,50)/t22-,23?,24+,25-,28-/m1/s1. The summed E-state index contributed by atoms with van der Waals surface area (Å²) in [6.45, 7) is 16.1. The number of piperidine rings is 1. The summed E-state index contributed by atoms with van der Waals surface area (Å²) in [5, 5.41) is 11.2. The number of likely N-dealkylation sites (tertiary alicyclic amines) is 2. The number of hydrogen-bond donors (Lipinski definition) is 5. The molecule has 286 valence electrons. The molecule has 15 heteroatoms. The molecule has 0 aromatic heterocycles. The van der Waals surface area contributed by atoms with E-state index in [-0.39, 0.29) is 36.2 Å². The van der Waals surface area contributed by atoms with E-state index in [1.54, 1.807) is 25.7 Å². The van der Waals surface area contributed by atoms with Crippen LogP contribution in [0.4, 0.5) is 9.59 Å². The molecule has 0 radical (unpaired) electrons. The Kier molecular flexibility index (Phi) is 12.0. The second-order valence-corrected chi connectivity index (χ2v) is 17.9. The molecule has 0 spiro atoms. The molecule has 4 rings (SSSR count). The number of nitrogens with zero attached hydrogens (tertiary/aromatic N) is 2. The van der Waals surface area contributed by atoms with Crippen LogP contribution in [-0.4, -0.2) is 107 Å². The van der Waals surface area contributed by atoms with Crippen LogP contribution >= 0.6 is 0 Å². The van der Waals surface area contributed by atoms with Crippen LogP contribution in [-0.2, 0) is 28.7 Å². The maximum atomic E-state index is 14.4. The molecule has 0 aromatic rings. The first-order valence-corrected chi connectivity index (χ1v) is 18.3. The molecule has 2 saturated heterocycles. The van der Waals surface area contributed by atoms with Crippen molar-refractivity contribution in [3.63, 3.8) is 0 Å². The third-order valence-electron chi connectivity index (χ3n) is 10.3. The van der Waals surface area contributed by atoms with Crippen LogP contribution in [0.1, 0.15) is 107 Å². The zero-order chi connectivity index (χ0) is 38.1. The van der Waals surface area contributed by atoms with Gasteiger partial charge in [-0.3, -0.25) is 24.0 Å². The molecule has 4 aliphatic rings. The maximum absolute atomic E-state index is 14.4. The van der Waals surface area contributed by atoms with Gasteiger partial charge in [-0.05, 0) is 47.8 Å². The molecular weight excluding hydrogens is 658 g/mol. The first-order chi connectivity index (χ1) is 23.5. The molecule has 6 N–H and O–H groups in total. The van der Waals surface area contributed by atoms with E-state index < -0.39 is 76.7 Å². The molecule has 4 fully saturated rings. The number of Topliss-reactive ketones (excluding diaryl/α,β-unsaturated/α-hetero) is 1. The Hall–Kier alpha value is -3.91. The molecule has 2 saturated carbocycles. The fraction of sp³-hybridized carbons (Fsp3) is 0.806. The van der Waals surface area contributed by atoms with Crippen LogP contribution in [0.25, 0.3) is 0 Å². The van der Waals surface area contributed by atoms with Crippen molar-refractivity contribution in [2.45, 2.75) is 143 Å². The number of nitrogens with two attached hydrogens (primary N) is 1. The molecular formula is C36H59N7O8. The van der Waals surface area contributed by atoms with Gasteiger partial charge < -0.3 is 41.5 Å². The van der Waals surface area contributed by atoms with Gasteiger partial charge in [0.1, 0.15) is 18.2 Å². The van der Waals surface area contributed by atoms with Crippen molar-refractivity contribution in [2.24, 2.45) is 27.9 Å². The lowest BCUT2D eigenvalue weighted by Crippen LogP contribution is -2.62. The quantitative estimate of drug-likeness (QED) is 0.178. The summed E-state index contributed by atoms with van der Waals surface area (Å²) in [4.78, 5) is 95.4. The maximum Gasteiger partial charge on any atom is 0.404 e. The molecule has 0 bridgehead atoms. The zero-order valence-corrected chi connectivity index (χ0v) is 31.6. The number of ether oxygens (including phenoxy) is 1. The summed E-state index contributed by atoms with van der Waals surface area (Å²) in [7, 11) is 0. The highest BCUT2D eigenvalue weighted by Gasteiger charge is 2.47. The zero-order valence-electron chi connectivity index (χ0n) is 31.6. The van der Waals surface area contributed by atoms with Crippen LogP contribution in [0, 0.1) is 22.2 Å². The van der Waals surface area contributed by atoms with Crippen LogP contribution < -0.4 is 27.0 Å². The Bertz CT molecular complexity index is 1380. The number of rotatable bonds is 13. The van der Waals surface area contributed by atoms with Crippen molar-refractivity contribution >= 4 is 41.5 Å². The lowest BCUT2D eigenvalue weighted by molar-refractivity contribution is -0.144. The first kappa shape index (κ1) is 39.9. The molecule has 2 aliphatic heterocycles. The van der Waals surface area contributed by atoms with Gasteiger partial charge in [0.05, 0.1) is 18.6 Å². The first-order valence-electron chi connectivity index (χ1n) is 18.3. The van der Waals surface area contributed by atoms with E-state index in [4.69, 9.17) is 10.5 Å². The molecule has 1 unspecified atom stereocenters.